The molecule has 1 saturated heterocycles. The van der Waals surface area contributed by atoms with Gasteiger partial charge in [0.05, 0.1) is 17.6 Å². The van der Waals surface area contributed by atoms with Gasteiger partial charge < -0.3 is 19.7 Å². The van der Waals surface area contributed by atoms with Crippen LogP contribution in [-0.4, -0.2) is 46.1 Å². The zero-order chi connectivity index (χ0) is 19.6. The molecule has 0 aromatic carbocycles. The second-order valence-corrected chi connectivity index (χ2v) is 7.11. The van der Waals surface area contributed by atoms with Gasteiger partial charge in [0.15, 0.2) is 0 Å². The first-order valence-electron chi connectivity index (χ1n) is 8.57. The molecule has 1 aliphatic heterocycles. The van der Waals surface area contributed by atoms with Crippen LogP contribution in [0.4, 0.5) is 0 Å². The molecule has 26 heavy (non-hydrogen) atoms. The Morgan fingerprint density at radius 3 is 2.77 bits per heavy atom. The van der Waals surface area contributed by atoms with Crippen molar-refractivity contribution in [2.24, 2.45) is 5.92 Å². The number of aliphatic hydroxyl groups is 2. The van der Waals surface area contributed by atoms with Gasteiger partial charge in [0.25, 0.3) is 0 Å². The van der Waals surface area contributed by atoms with Gasteiger partial charge in [-0.25, -0.2) is 9.59 Å². The molecule has 2 rings (SSSR count). The zero-order valence-corrected chi connectivity index (χ0v) is 15.6. The minimum Gasteiger partial charge on any atom is -0.458 e. The molecular formula is C20H26O6. The highest BCUT2D eigenvalue weighted by atomic mass is 16.6. The first-order chi connectivity index (χ1) is 12.1. The van der Waals surface area contributed by atoms with Crippen LogP contribution in [0, 0.1) is 5.92 Å². The van der Waals surface area contributed by atoms with Gasteiger partial charge in [0.2, 0.25) is 0 Å². The van der Waals surface area contributed by atoms with Crippen LogP contribution in [0.2, 0.25) is 0 Å². The molecule has 1 aliphatic carbocycles. The van der Waals surface area contributed by atoms with E-state index in [0.29, 0.717) is 11.1 Å². The second-order valence-electron chi connectivity index (χ2n) is 7.11. The third-order valence-electron chi connectivity index (χ3n) is 4.82. The quantitative estimate of drug-likeness (QED) is 0.443. The van der Waals surface area contributed by atoms with Crippen LogP contribution >= 0.6 is 0 Å². The van der Waals surface area contributed by atoms with Crippen molar-refractivity contribution < 1.29 is 29.3 Å². The fourth-order valence-electron chi connectivity index (χ4n) is 3.05. The number of allylic oxidation sites excluding steroid dienone is 1. The second kappa shape index (κ2) is 7.60. The van der Waals surface area contributed by atoms with E-state index >= 15 is 0 Å². The number of carbonyl (C=O) groups excluding carboxylic acids is 2. The summed E-state index contributed by atoms with van der Waals surface area (Å²) in [5.41, 5.74) is -0.188. The summed E-state index contributed by atoms with van der Waals surface area (Å²) < 4.78 is 11.0. The molecule has 2 N–H and O–H groups in total. The minimum atomic E-state index is -1.36. The molecule has 0 radical (unpaired) electrons. The van der Waals surface area contributed by atoms with Gasteiger partial charge >= 0.3 is 11.9 Å². The van der Waals surface area contributed by atoms with Crippen LogP contribution in [0.15, 0.2) is 47.6 Å². The average Bonchev–Trinajstić information content (AvgIpc) is 2.84. The number of hydrogen-bond acceptors (Lipinski definition) is 6. The van der Waals surface area contributed by atoms with Crippen molar-refractivity contribution in [2.45, 2.75) is 58.0 Å². The third kappa shape index (κ3) is 4.31. The molecule has 142 valence electrons. The van der Waals surface area contributed by atoms with Gasteiger partial charge in [-0.1, -0.05) is 24.8 Å². The monoisotopic (exact) mass is 362 g/mol. The maximum Gasteiger partial charge on any atom is 0.334 e. The molecule has 0 bridgehead atoms. The lowest BCUT2D eigenvalue weighted by Crippen LogP contribution is -2.40. The van der Waals surface area contributed by atoms with Crippen molar-refractivity contribution in [3.8, 4) is 0 Å². The SMILES string of the molecule is C=C1C(=O)O[C@H]2C=C(C)[C@@H](O)C=C[C@@](C)(O)C[C@H](OC(=O)C(C)=CC)[C@@H]12. The summed E-state index contributed by atoms with van der Waals surface area (Å²) in [7, 11) is 0. The molecule has 0 aromatic rings. The Balaban J connectivity index is 2.48. The fraction of sp³-hybridized carbons (Fsp3) is 0.500. The summed E-state index contributed by atoms with van der Waals surface area (Å²) in [6.45, 7) is 10.4. The molecule has 1 fully saturated rings. The Morgan fingerprint density at radius 2 is 2.15 bits per heavy atom. The Bertz CT molecular complexity index is 697. The van der Waals surface area contributed by atoms with Gasteiger partial charge in [-0.05, 0) is 39.3 Å². The summed E-state index contributed by atoms with van der Waals surface area (Å²) in [6, 6.07) is 0. The lowest BCUT2D eigenvalue weighted by Gasteiger charge is -2.32. The van der Waals surface area contributed by atoms with Crippen molar-refractivity contribution >= 4 is 11.9 Å². The van der Waals surface area contributed by atoms with Crippen LogP contribution in [-0.2, 0) is 19.1 Å². The number of carbonyl (C=O) groups is 2. The predicted octanol–water partition coefficient (Wildman–Crippen LogP) is 1.98. The summed E-state index contributed by atoms with van der Waals surface area (Å²) in [6.07, 6.45) is 3.77. The zero-order valence-electron chi connectivity index (χ0n) is 15.6. The van der Waals surface area contributed by atoms with E-state index in [1.807, 2.05) is 0 Å². The van der Waals surface area contributed by atoms with Gasteiger partial charge in [-0.3, -0.25) is 0 Å². The molecule has 1 heterocycles. The van der Waals surface area contributed by atoms with Gasteiger partial charge in [0.1, 0.15) is 12.2 Å². The van der Waals surface area contributed by atoms with E-state index in [2.05, 4.69) is 6.58 Å². The standard InChI is InChI=1S/C20H26O6/c1-6-11(2)18(22)26-16-10-20(5,24)8-7-14(21)12(3)9-15-17(16)13(4)19(23)25-15/h6-9,14-17,21,24H,4,10H2,1-3,5H3/t14-,15-,16-,17-,20+/m0/s1. The number of fused-ring (bicyclic) bond motifs is 1. The lowest BCUT2D eigenvalue weighted by atomic mass is 9.82. The highest BCUT2D eigenvalue weighted by Crippen LogP contribution is 2.37. The molecular weight excluding hydrogens is 336 g/mol. The van der Waals surface area contributed by atoms with Crippen molar-refractivity contribution in [1.82, 2.24) is 0 Å². The molecule has 6 heteroatoms. The lowest BCUT2D eigenvalue weighted by molar-refractivity contribution is -0.150. The largest absolute Gasteiger partial charge is 0.458 e. The number of hydrogen-bond donors (Lipinski definition) is 2. The number of esters is 2. The molecule has 0 unspecified atom stereocenters. The van der Waals surface area contributed by atoms with Crippen LogP contribution < -0.4 is 0 Å². The van der Waals surface area contributed by atoms with Crippen LogP contribution in [0.5, 0.6) is 0 Å². The normalized spacial score (nSPS) is 35.5. The maximum atomic E-state index is 12.3. The van der Waals surface area contributed by atoms with Gasteiger partial charge in [-0.15, -0.1) is 0 Å². The van der Waals surface area contributed by atoms with Gasteiger partial charge in [0, 0.05) is 17.6 Å². The van der Waals surface area contributed by atoms with Crippen molar-refractivity contribution in [3.63, 3.8) is 0 Å². The molecule has 0 saturated carbocycles. The van der Waals surface area contributed by atoms with Crippen LogP contribution in [0.3, 0.4) is 0 Å². The molecule has 2 aliphatic rings. The predicted molar refractivity (Wildman–Crippen MR) is 96.0 cm³/mol. The van der Waals surface area contributed by atoms with Crippen molar-refractivity contribution in [3.05, 3.63) is 47.6 Å². The molecule has 6 nitrogen and oxygen atoms in total. The van der Waals surface area contributed by atoms with E-state index in [1.54, 1.807) is 39.8 Å². The third-order valence-corrected chi connectivity index (χ3v) is 4.82. The molecule has 0 amide bonds. The summed E-state index contributed by atoms with van der Waals surface area (Å²) in [4.78, 5) is 24.4. The Kier molecular flexibility index (Phi) is 5.88. The highest BCUT2D eigenvalue weighted by molar-refractivity contribution is 5.92. The van der Waals surface area contributed by atoms with Gasteiger partial charge in [-0.2, -0.15) is 0 Å². The first-order valence-corrected chi connectivity index (χ1v) is 8.57. The smallest absolute Gasteiger partial charge is 0.334 e. The van der Waals surface area contributed by atoms with E-state index in [9.17, 15) is 19.8 Å². The number of ether oxygens (including phenoxy) is 2. The maximum absolute atomic E-state index is 12.3. The number of aliphatic hydroxyl groups excluding tert-OH is 1. The summed E-state index contributed by atoms with van der Waals surface area (Å²) >= 11 is 0. The van der Waals surface area contributed by atoms with Crippen molar-refractivity contribution in [2.75, 3.05) is 0 Å². The average molecular weight is 362 g/mol. The highest BCUT2D eigenvalue weighted by Gasteiger charge is 2.46. The Morgan fingerprint density at radius 1 is 1.50 bits per heavy atom. The molecule has 0 spiro atoms. The fourth-order valence-corrected chi connectivity index (χ4v) is 3.05. The van der Waals surface area contributed by atoms with E-state index in [4.69, 9.17) is 9.47 Å². The molecule has 5 atom stereocenters. The van der Waals surface area contributed by atoms with E-state index in [-0.39, 0.29) is 12.0 Å². The first kappa shape index (κ1) is 20.1. The summed E-state index contributed by atoms with van der Waals surface area (Å²) in [5, 5.41) is 20.9. The van der Waals surface area contributed by atoms with Crippen LogP contribution in [0.25, 0.3) is 0 Å². The summed E-state index contributed by atoms with van der Waals surface area (Å²) in [5.74, 6) is -1.74. The van der Waals surface area contributed by atoms with E-state index in [1.165, 1.54) is 12.2 Å². The number of rotatable bonds is 2. The Hall–Kier alpha value is -2.18. The minimum absolute atomic E-state index is 0.0304. The van der Waals surface area contributed by atoms with Crippen molar-refractivity contribution in [1.29, 1.82) is 0 Å². The Labute approximate surface area is 153 Å². The topological polar surface area (TPSA) is 93.1 Å². The molecule has 0 aromatic heterocycles. The van der Waals surface area contributed by atoms with E-state index in [0.717, 1.165) is 0 Å². The van der Waals surface area contributed by atoms with Crippen LogP contribution in [0.1, 0.15) is 34.1 Å². The van der Waals surface area contributed by atoms with E-state index < -0.39 is 41.8 Å².